The molecular formula is C23H23ClN4O3. The van der Waals surface area contributed by atoms with Crippen molar-refractivity contribution in [2.45, 2.75) is 6.42 Å². The number of aromatic nitrogens is 2. The minimum atomic E-state index is -0.301. The van der Waals surface area contributed by atoms with Gasteiger partial charge in [-0.2, -0.15) is 0 Å². The van der Waals surface area contributed by atoms with E-state index < -0.39 is 0 Å². The lowest BCUT2D eigenvalue weighted by Gasteiger charge is -2.36. The first-order chi connectivity index (χ1) is 15.0. The highest BCUT2D eigenvalue weighted by Crippen LogP contribution is 2.21. The molecule has 1 fully saturated rings. The summed E-state index contributed by atoms with van der Waals surface area (Å²) in [6.45, 7) is 2.70. The molecule has 2 aromatic carbocycles. The summed E-state index contributed by atoms with van der Waals surface area (Å²) in [5.74, 6) is 1.20. The molecule has 8 heteroatoms. The van der Waals surface area contributed by atoms with E-state index in [0.717, 1.165) is 30.1 Å². The summed E-state index contributed by atoms with van der Waals surface area (Å²) >= 11 is 5.90. The van der Waals surface area contributed by atoms with Crippen molar-refractivity contribution in [1.82, 2.24) is 14.9 Å². The molecule has 1 aromatic heterocycles. The summed E-state index contributed by atoms with van der Waals surface area (Å²) in [6, 6.07) is 14.9. The molecule has 0 saturated carbocycles. The number of benzene rings is 2. The molecule has 3 aromatic rings. The van der Waals surface area contributed by atoms with E-state index >= 15 is 0 Å². The Morgan fingerprint density at radius 1 is 1.06 bits per heavy atom. The van der Waals surface area contributed by atoms with Gasteiger partial charge in [-0.05, 0) is 48.5 Å². The van der Waals surface area contributed by atoms with Crippen LogP contribution in [0.5, 0.6) is 5.75 Å². The average molecular weight is 439 g/mol. The van der Waals surface area contributed by atoms with Crippen LogP contribution < -0.4 is 15.2 Å². The molecule has 1 aliphatic heterocycles. The summed E-state index contributed by atoms with van der Waals surface area (Å²) in [5, 5.41) is 0.611. The average Bonchev–Trinajstić information content (AvgIpc) is 2.81. The molecule has 7 nitrogen and oxygen atoms in total. The van der Waals surface area contributed by atoms with Crippen molar-refractivity contribution in [2.24, 2.45) is 0 Å². The van der Waals surface area contributed by atoms with Crippen molar-refractivity contribution in [2.75, 3.05) is 38.2 Å². The zero-order valence-corrected chi connectivity index (χ0v) is 17.9. The van der Waals surface area contributed by atoms with Crippen LogP contribution in [0, 0.1) is 0 Å². The first-order valence-electron chi connectivity index (χ1n) is 10.0. The van der Waals surface area contributed by atoms with E-state index in [1.807, 2.05) is 24.3 Å². The Balaban J connectivity index is 1.36. The summed E-state index contributed by atoms with van der Waals surface area (Å²) in [6.07, 6.45) is 1.51. The molecule has 2 heterocycles. The van der Waals surface area contributed by atoms with Crippen molar-refractivity contribution in [1.29, 1.82) is 0 Å². The number of carbonyl (C=O) groups is 1. The largest absolute Gasteiger partial charge is 0.497 e. The fourth-order valence-electron chi connectivity index (χ4n) is 3.58. The van der Waals surface area contributed by atoms with E-state index in [1.165, 1.54) is 6.20 Å². The maximum Gasteiger partial charge on any atom is 0.254 e. The van der Waals surface area contributed by atoms with Gasteiger partial charge in [-0.1, -0.05) is 11.6 Å². The maximum absolute atomic E-state index is 12.7. The molecule has 1 saturated heterocycles. The van der Waals surface area contributed by atoms with Crippen LogP contribution in [-0.2, 0) is 11.2 Å². The molecule has 0 bridgehead atoms. The van der Waals surface area contributed by atoms with Crippen LogP contribution in [0.1, 0.15) is 5.56 Å². The lowest BCUT2D eigenvalue weighted by molar-refractivity contribution is -0.130. The maximum atomic E-state index is 12.7. The first kappa shape index (κ1) is 20.9. The van der Waals surface area contributed by atoms with E-state index in [-0.39, 0.29) is 17.9 Å². The minimum Gasteiger partial charge on any atom is -0.497 e. The van der Waals surface area contributed by atoms with Crippen LogP contribution in [0.25, 0.3) is 11.4 Å². The van der Waals surface area contributed by atoms with Gasteiger partial charge in [0.25, 0.3) is 5.56 Å². The van der Waals surface area contributed by atoms with Crippen LogP contribution >= 0.6 is 11.6 Å². The number of piperazine rings is 1. The molecule has 0 spiro atoms. The van der Waals surface area contributed by atoms with Crippen molar-refractivity contribution < 1.29 is 9.53 Å². The second-order valence-corrected chi connectivity index (χ2v) is 7.77. The number of halogens is 1. The Bertz CT molecular complexity index is 1100. The predicted octanol–water partition coefficient (Wildman–Crippen LogP) is 2.99. The Labute approximate surface area is 185 Å². The molecule has 1 amide bonds. The highest BCUT2D eigenvalue weighted by atomic mass is 35.5. The number of anilines is 1. The van der Waals surface area contributed by atoms with E-state index in [1.54, 1.807) is 36.3 Å². The molecule has 0 radical (unpaired) electrons. The SMILES string of the molecule is COc1ccc(N2CCN(C(=O)Cc3cnc(-c4ccc(Cl)cc4)[nH]c3=O)CC2)cc1. The van der Waals surface area contributed by atoms with Gasteiger partial charge in [0, 0.05) is 54.2 Å². The number of nitrogens with one attached hydrogen (secondary N) is 1. The van der Waals surface area contributed by atoms with E-state index in [0.29, 0.717) is 29.5 Å². The predicted molar refractivity (Wildman–Crippen MR) is 121 cm³/mol. The van der Waals surface area contributed by atoms with E-state index in [2.05, 4.69) is 14.9 Å². The van der Waals surface area contributed by atoms with Crippen LogP contribution in [0.3, 0.4) is 0 Å². The van der Waals surface area contributed by atoms with Crippen molar-refractivity contribution in [3.63, 3.8) is 0 Å². The minimum absolute atomic E-state index is 0.0335. The zero-order valence-electron chi connectivity index (χ0n) is 17.2. The summed E-state index contributed by atoms with van der Waals surface area (Å²) in [4.78, 5) is 36.3. The first-order valence-corrected chi connectivity index (χ1v) is 10.4. The molecule has 0 aliphatic carbocycles. The highest BCUT2D eigenvalue weighted by Gasteiger charge is 2.22. The third-order valence-electron chi connectivity index (χ3n) is 5.40. The number of nitrogens with zero attached hydrogens (tertiary/aromatic N) is 3. The molecule has 1 N–H and O–H groups in total. The van der Waals surface area contributed by atoms with Gasteiger partial charge < -0.3 is 19.5 Å². The number of aromatic amines is 1. The van der Waals surface area contributed by atoms with Gasteiger partial charge in [-0.15, -0.1) is 0 Å². The normalized spacial score (nSPS) is 13.9. The molecule has 160 valence electrons. The third-order valence-corrected chi connectivity index (χ3v) is 5.65. The van der Waals surface area contributed by atoms with Gasteiger partial charge >= 0.3 is 0 Å². The Morgan fingerprint density at radius 2 is 1.74 bits per heavy atom. The Kier molecular flexibility index (Phi) is 6.23. The molecular weight excluding hydrogens is 416 g/mol. The van der Waals surface area contributed by atoms with Crippen molar-refractivity contribution >= 4 is 23.2 Å². The van der Waals surface area contributed by atoms with Crippen molar-refractivity contribution in [3.05, 3.63) is 75.7 Å². The number of rotatable bonds is 5. The van der Waals surface area contributed by atoms with Crippen molar-refractivity contribution in [3.8, 4) is 17.1 Å². The van der Waals surface area contributed by atoms with E-state index in [4.69, 9.17) is 16.3 Å². The quantitative estimate of drug-likeness (QED) is 0.662. The van der Waals surface area contributed by atoms with Gasteiger partial charge in [0.05, 0.1) is 13.5 Å². The van der Waals surface area contributed by atoms with Crippen LogP contribution in [0.4, 0.5) is 5.69 Å². The van der Waals surface area contributed by atoms with Crippen LogP contribution in [-0.4, -0.2) is 54.1 Å². The molecule has 0 atom stereocenters. The van der Waals surface area contributed by atoms with Gasteiger partial charge in [0.1, 0.15) is 11.6 Å². The van der Waals surface area contributed by atoms with Gasteiger partial charge in [-0.3, -0.25) is 9.59 Å². The monoisotopic (exact) mass is 438 g/mol. The highest BCUT2D eigenvalue weighted by molar-refractivity contribution is 6.30. The van der Waals surface area contributed by atoms with Gasteiger partial charge in [-0.25, -0.2) is 4.98 Å². The number of hydrogen-bond acceptors (Lipinski definition) is 5. The fraction of sp³-hybridized carbons (Fsp3) is 0.261. The fourth-order valence-corrected chi connectivity index (χ4v) is 3.71. The van der Waals surface area contributed by atoms with Crippen LogP contribution in [0.15, 0.2) is 59.5 Å². The summed E-state index contributed by atoms with van der Waals surface area (Å²) < 4.78 is 5.20. The lowest BCUT2D eigenvalue weighted by Crippen LogP contribution is -2.49. The van der Waals surface area contributed by atoms with Crippen LogP contribution in [0.2, 0.25) is 5.02 Å². The smallest absolute Gasteiger partial charge is 0.254 e. The Morgan fingerprint density at radius 3 is 2.35 bits per heavy atom. The lowest BCUT2D eigenvalue weighted by atomic mass is 10.1. The molecule has 4 rings (SSSR count). The zero-order chi connectivity index (χ0) is 21.8. The second-order valence-electron chi connectivity index (χ2n) is 7.34. The topological polar surface area (TPSA) is 78.5 Å². The standard InChI is InChI=1S/C23H23ClN4O3/c1-31-20-8-6-19(7-9-20)27-10-12-28(13-11-27)21(29)14-17-15-25-22(26-23(17)30)16-2-4-18(24)5-3-16/h2-9,15H,10-14H2,1H3,(H,25,26,30). The number of carbonyl (C=O) groups excluding carboxylic acids is 1. The van der Waals surface area contributed by atoms with E-state index in [9.17, 15) is 9.59 Å². The number of amides is 1. The van der Waals surface area contributed by atoms with Gasteiger partial charge in [0.15, 0.2) is 0 Å². The van der Waals surface area contributed by atoms with Gasteiger partial charge in [0.2, 0.25) is 5.91 Å². The summed E-state index contributed by atoms with van der Waals surface area (Å²) in [7, 11) is 1.64. The summed E-state index contributed by atoms with van der Waals surface area (Å²) in [5.41, 5.74) is 1.92. The third kappa shape index (κ3) is 4.88. The number of ether oxygens (including phenoxy) is 1. The molecule has 1 aliphatic rings. The number of methoxy groups -OCH3 is 1. The second kappa shape index (κ2) is 9.22. The number of hydrogen-bond donors (Lipinski definition) is 1. The Hall–Kier alpha value is -3.32. The molecule has 31 heavy (non-hydrogen) atoms. The molecule has 0 unspecified atom stereocenters. The number of H-pyrrole nitrogens is 1.